The number of halogens is 1. The minimum atomic E-state index is 0.00766. The predicted octanol–water partition coefficient (Wildman–Crippen LogP) is 2.82. The van der Waals surface area contributed by atoms with Gasteiger partial charge < -0.3 is 4.90 Å². The van der Waals surface area contributed by atoms with Gasteiger partial charge in [-0.1, -0.05) is 17.7 Å². The molecule has 0 N–H and O–H groups in total. The van der Waals surface area contributed by atoms with E-state index in [9.17, 15) is 4.79 Å². The zero-order chi connectivity index (χ0) is 13.9. The Bertz CT molecular complexity index is 576. The molecule has 3 heterocycles. The first kappa shape index (κ1) is 14.0. The van der Waals surface area contributed by atoms with Crippen molar-refractivity contribution in [2.45, 2.75) is 6.54 Å². The number of hydrogen-bond acceptors (Lipinski definition) is 5. The van der Waals surface area contributed by atoms with Gasteiger partial charge >= 0.3 is 0 Å². The number of thiophene rings is 1. The molecule has 2 aromatic rings. The quantitative estimate of drug-likeness (QED) is 0.869. The molecule has 1 amide bonds. The van der Waals surface area contributed by atoms with Crippen molar-refractivity contribution >= 4 is 40.2 Å². The number of hydrogen-bond donors (Lipinski definition) is 0. The van der Waals surface area contributed by atoms with Crippen LogP contribution < -0.4 is 0 Å². The summed E-state index contributed by atoms with van der Waals surface area (Å²) in [5, 5.41) is 2.42. The normalized spacial score (nSPS) is 16.6. The van der Waals surface area contributed by atoms with Crippen LogP contribution in [0.5, 0.6) is 0 Å². The average molecular weight is 328 g/mol. The third-order valence-corrected chi connectivity index (χ3v) is 5.41. The lowest BCUT2D eigenvalue weighted by Crippen LogP contribution is -2.48. The van der Waals surface area contributed by atoms with Crippen molar-refractivity contribution in [1.82, 2.24) is 14.8 Å². The molecule has 0 atom stereocenters. The Hall–Kier alpha value is -0.950. The van der Waals surface area contributed by atoms with Crippen molar-refractivity contribution in [3.8, 4) is 0 Å². The first-order valence-corrected chi connectivity index (χ1v) is 8.51. The van der Waals surface area contributed by atoms with Gasteiger partial charge in [0.2, 0.25) is 0 Å². The molecule has 0 aliphatic carbocycles. The Labute approximate surface area is 130 Å². The Kier molecular flexibility index (Phi) is 4.35. The van der Waals surface area contributed by atoms with Gasteiger partial charge in [0.1, 0.15) is 4.88 Å². The van der Waals surface area contributed by atoms with Crippen LogP contribution in [-0.4, -0.2) is 46.9 Å². The Morgan fingerprint density at radius 2 is 2.10 bits per heavy atom. The molecule has 1 aliphatic heterocycles. The van der Waals surface area contributed by atoms with Crippen LogP contribution in [0, 0.1) is 0 Å². The fourth-order valence-electron chi connectivity index (χ4n) is 2.25. The molecule has 0 saturated carbocycles. The molecule has 106 valence electrons. The monoisotopic (exact) mass is 327 g/mol. The van der Waals surface area contributed by atoms with Crippen molar-refractivity contribution < 1.29 is 4.79 Å². The molecule has 1 saturated heterocycles. The first-order valence-electron chi connectivity index (χ1n) is 6.37. The maximum Gasteiger partial charge on any atom is 0.267 e. The van der Waals surface area contributed by atoms with E-state index in [-0.39, 0.29) is 5.91 Å². The van der Waals surface area contributed by atoms with Gasteiger partial charge in [0.15, 0.2) is 5.15 Å². The number of carbonyl (C=O) groups excluding carboxylic acids is 1. The van der Waals surface area contributed by atoms with E-state index in [1.54, 1.807) is 16.8 Å². The van der Waals surface area contributed by atoms with Crippen molar-refractivity contribution in [1.29, 1.82) is 0 Å². The van der Waals surface area contributed by atoms with Gasteiger partial charge in [0, 0.05) is 37.6 Å². The van der Waals surface area contributed by atoms with Crippen LogP contribution >= 0.6 is 34.3 Å². The van der Waals surface area contributed by atoms with Gasteiger partial charge in [-0.15, -0.1) is 22.7 Å². The second-order valence-corrected chi connectivity index (χ2v) is 6.87. The molecule has 1 aliphatic rings. The molecule has 0 aromatic carbocycles. The summed E-state index contributed by atoms with van der Waals surface area (Å²) in [7, 11) is 0. The predicted molar refractivity (Wildman–Crippen MR) is 82.6 cm³/mol. The number of carbonyl (C=O) groups is 1. The molecule has 4 nitrogen and oxygen atoms in total. The summed E-state index contributed by atoms with van der Waals surface area (Å²) in [5.74, 6) is 0.00766. The fourth-order valence-corrected chi connectivity index (χ4v) is 3.96. The highest BCUT2D eigenvalue weighted by atomic mass is 35.5. The summed E-state index contributed by atoms with van der Waals surface area (Å²) in [4.78, 5) is 22.4. The van der Waals surface area contributed by atoms with Crippen LogP contribution in [0.2, 0.25) is 5.15 Å². The minimum absolute atomic E-state index is 0.00766. The van der Waals surface area contributed by atoms with Gasteiger partial charge in [-0.2, -0.15) is 0 Å². The lowest BCUT2D eigenvalue weighted by Gasteiger charge is -2.34. The molecular formula is C13H14ClN3OS2. The van der Waals surface area contributed by atoms with Crippen LogP contribution in [-0.2, 0) is 6.54 Å². The number of thiazole rings is 1. The summed E-state index contributed by atoms with van der Waals surface area (Å²) in [6.45, 7) is 4.28. The third kappa shape index (κ3) is 3.03. The van der Waals surface area contributed by atoms with E-state index in [0.29, 0.717) is 10.0 Å². The number of aromatic nitrogens is 1. The highest BCUT2D eigenvalue weighted by Crippen LogP contribution is 2.21. The highest BCUT2D eigenvalue weighted by molar-refractivity contribution is 7.12. The van der Waals surface area contributed by atoms with Gasteiger partial charge in [-0.25, -0.2) is 4.98 Å². The van der Waals surface area contributed by atoms with Crippen LogP contribution in [0.15, 0.2) is 23.0 Å². The summed E-state index contributed by atoms with van der Waals surface area (Å²) < 4.78 is 0. The Morgan fingerprint density at radius 1 is 1.30 bits per heavy atom. The summed E-state index contributed by atoms with van der Waals surface area (Å²) in [6.07, 6.45) is 0. The SMILES string of the molecule is O=C(c1scnc1Cl)N1CCN(Cc2cccs2)CC1. The largest absolute Gasteiger partial charge is 0.335 e. The second-order valence-electron chi connectivity index (χ2n) is 4.62. The van der Waals surface area contributed by atoms with Crippen molar-refractivity contribution in [2.75, 3.05) is 26.2 Å². The van der Waals surface area contributed by atoms with E-state index in [1.165, 1.54) is 16.2 Å². The van der Waals surface area contributed by atoms with Crippen LogP contribution in [0.4, 0.5) is 0 Å². The molecular weight excluding hydrogens is 314 g/mol. The number of rotatable bonds is 3. The van der Waals surface area contributed by atoms with E-state index < -0.39 is 0 Å². The summed E-state index contributed by atoms with van der Waals surface area (Å²) in [5.41, 5.74) is 1.61. The second kappa shape index (κ2) is 6.22. The summed E-state index contributed by atoms with van der Waals surface area (Å²) >= 11 is 9.01. The lowest BCUT2D eigenvalue weighted by molar-refractivity contribution is 0.0634. The van der Waals surface area contributed by atoms with Crippen molar-refractivity contribution in [3.05, 3.63) is 37.9 Å². The Balaban J connectivity index is 1.56. The van der Waals surface area contributed by atoms with Gasteiger partial charge in [-0.3, -0.25) is 9.69 Å². The van der Waals surface area contributed by atoms with Crippen LogP contribution in [0.1, 0.15) is 14.5 Å². The van der Waals surface area contributed by atoms with E-state index in [1.807, 2.05) is 4.90 Å². The number of nitrogens with zero attached hydrogens (tertiary/aromatic N) is 3. The van der Waals surface area contributed by atoms with Gasteiger partial charge in [-0.05, 0) is 11.4 Å². The molecule has 7 heteroatoms. The fraction of sp³-hybridized carbons (Fsp3) is 0.385. The first-order chi connectivity index (χ1) is 9.74. The average Bonchev–Trinajstić information content (AvgIpc) is 3.10. The minimum Gasteiger partial charge on any atom is -0.335 e. The maximum absolute atomic E-state index is 12.3. The van der Waals surface area contributed by atoms with E-state index in [2.05, 4.69) is 27.4 Å². The topological polar surface area (TPSA) is 36.4 Å². The van der Waals surface area contributed by atoms with E-state index in [4.69, 9.17) is 11.6 Å². The molecule has 0 spiro atoms. The van der Waals surface area contributed by atoms with Gasteiger partial charge in [0.05, 0.1) is 5.51 Å². The zero-order valence-corrected chi connectivity index (χ0v) is 13.2. The zero-order valence-electron chi connectivity index (χ0n) is 10.8. The molecule has 1 fully saturated rings. The number of amides is 1. The molecule has 3 rings (SSSR count). The summed E-state index contributed by atoms with van der Waals surface area (Å²) in [6, 6.07) is 4.23. The van der Waals surface area contributed by atoms with E-state index >= 15 is 0 Å². The molecule has 20 heavy (non-hydrogen) atoms. The molecule has 0 bridgehead atoms. The van der Waals surface area contributed by atoms with Crippen molar-refractivity contribution in [2.24, 2.45) is 0 Å². The smallest absolute Gasteiger partial charge is 0.267 e. The highest BCUT2D eigenvalue weighted by Gasteiger charge is 2.24. The number of piperazine rings is 1. The third-order valence-electron chi connectivity index (χ3n) is 3.34. The Morgan fingerprint density at radius 3 is 2.70 bits per heavy atom. The standard InChI is InChI=1S/C13H14ClN3OS2/c14-12-11(20-9-15-12)13(18)17-5-3-16(4-6-17)8-10-2-1-7-19-10/h1-2,7,9H,3-6,8H2. The van der Waals surface area contributed by atoms with Crippen molar-refractivity contribution in [3.63, 3.8) is 0 Å². The maximum atomic E-state index is 12.3. The molecule has 0 unspecified atom stereocenters. The van der Waals surface area contributed by atoms with Crippen LogP contribution in [0.3, 0.4) is 0 Å². The molecule has 2 aromatic heterocycles. The molecule has 0 radical (unpaired) electrons. The van der Waals surface area contributed by atoms with E-state index in [0.717, 1.165) is 32.7 Å². The van der Waals surface area contributed by atoms with Crippen LogP contribution in [0.25, 0.3) is 0 Å². The lowest BCUT2D eigenvalue weighted by atomic mass is 10.3. The van der Waals surface area contributed by atoms with Gasteiger partial charge in [0.25, 0.3) is 5.91 Å².